The first-order valence-electron chi connectivity index (χ1n) is 9.46. The van der Waals surface area contributed by atoms with E-state index in [4.69, 9.17) is 16.0 Å². The first kappa shape index (κ1) is 19.2. The second-order valence-corrected chi connectivity index (χ2v) is 7.32. The van der Waals surface area contributed by atoms with Crippen molar-refractivity contribution in [1.29, 1.82) is 0 Å². The zero-order valence-corrected chi connectivity index (χ0v) is 17.3. The van der Waals surface area contributed by atoms with Crippen LogP contribution in [-0.2, 0) is 6.42 Å². The molecule has 0 spiro atoms. The van der Waals surface area contributed by atoms with Crippen LogP contribution in [0.15, 0.2) is 64.1 Å². The van der Waals surface area contributed by atoms with Crippen LogP contribution in [0.5, 0.6) is 0 Å². The molecule has 0 aliphatic heterocycles. The van der Waals surface area contributed by atoms with Crippen LogP contribution in [0.3, 0.4) is 0 Å². The van der Waals surface area contributed by atoms with Crippen molar-refractivity contribution in [1.82, 2.24) is 9.97 Å². The monoisotopic (exact) mass is 404 g/mol. The Balaban J connectivity index is 1.87. The summed E-state index contributed by atoms with van der Waals surface area (Å²) < 4.78 is 6.16. The summed E-state index contributed by atoms with van der Waals surface area (Å²) in [4.78, 5) is 8.80. The molecule has 0 atom stereocenters. The summed E-state index contributed by atoms with van der Waals surface area (Å²) in [6.45, 7) is 5.99. The average Bonchev–Trinajstić information content (AvgIpc) is 2.71. The number of nitrogens with one attached hydrogen (secondary N) is 1. The molecule has 0 bridgehead atoms. The number of anilines is 1. The number of rotatable bonds is 4. The summed E-state index contributed by atoms with van der Waals surface area (Å²) in [6.07, 6.45) is 0.932. The number of aromatic nitrogens is 2. The normalized spacial score (nSPS) is 11.8. The van der Waals surface area contributed by atoms with Gasteiger partial charge in [0.05, 0.1) is 5.36 Å². The van der Waals surface area contributed by atoms with Gasteiger partial charge in [-0.3, -0.25) is 0 Å². The van der Waals surface area contributed by atoms with Crippen molar-refractivity contribution >= 4 is 28.5 Å². The Bertz CT molecular complexity index is 1230. The quantitative estimate of drug-likeness (QED) is 0.446. The molecule has 0 aliphatic rings. The lowest BCUT2D eigenvalue weighted by Crippen LogP contribution is -2.09. The number of aryl methyl sites for hydroxylation is 3. The van der Waals surface area contributed by atoms with Crippen LogP contribution < -0.4 is 10.8 Å². The van der Waals surface area contributed by atoms with Crippen molar-refractivity contribution in [3.63, 3.8) is 0 Å². The first-order chi connectivity index (χ1) is 14.0. The van der Waals surface area contributed by atoms with Gasteiger partial charge in [-0.2, -0.15) is 5.10 Å². The second-order valence-electron chi connectivity index (χ2n) is 6.88. The summed E-state index contributed by atoms with van der Waals surface area (Å²) >= 11 is 6.03. The molecule has 5 nitrogen and oxygen atoms in total. The molecular weight excluding hydrogens is 384 g/mol. The zero-order chi connectivity index (χ0) is 20.4. The Morgan fingerprint density at radius 3 is 2.38 bits per heavy atom. The molecule has 1 N–H and O–H groups in total. The van der Waals surface area contributed by atoms with Gasteiger partial charge < -0.3 is 4.42 Å². The van der Waals surface area contributed by atoms with E-state index in [1.165, 1.54) is 5.56 Å². The lowest BCUT2D eigenvalue weighted by atomic mass is 10.1. The number of hydrogen-bond acceptors (Lipinski definition) is 5. The van der Waals surface area contributed by atoms with Crippen LogP contribution in [0.2, 0.25) is 5.02 Å². The van der Waals surface area contributed by atoms with E-state index in [9.17, 15) is 0 Å². The van der Waals surface area contributed by atoms with Crippen molar-refractivity contribution in [2.45, 2.75) is 27.2 Å². The molecule has 29 heavy (non-hydrogen) atoms. The molecule has 2 aromatic carbocycles. The van der Waals surface area contributed by atoms with Crippen LogP contribution in [0.4, 0.5) is 5.95 Å². The number of nitrogens with zero attached hydrogens (tertiary/aromatic N) is 3. The fraction of sp³-hybridized carbons (Fsp3) is 0.174. The smallest absolute Gasteiger partial charge is 0.243 e. The van der Waals surface area contributed by atoms with Crippen molar-refractivity contribution in [2.75, 3.05) is 5.43 Å². The third-order valence-electron chi connectivity index (χ3n) is 4.60. The van der Waals surface area contributed by atoms with E-state index < -0.39 is 0 Å². The Kier molecular flexibility index (Phi) is 5.32. The lowest BCUT2D eigenvalue weighted by Gasteiger charge is -2.07. The number of halogens is 1. The van der Waals surface area contributed by atoms with Gasteiger partial charge in [0.15, 0.2) is 0 Å². The number of hydrogen-bond donors (Lipinski definition) is 1. The first-order valence-corrected chi connectivity index (χ1v) is 9.84. The topological polar surface area (TPSA) is 63.3 Å². The van der Waals surface area contributed by atoms with Gasteiger partial charge in [0, 0.05) is 33.4 Å². The van der Waals surface area contributed by atoms with Gasteiger partial charge >= 0.3 is 0 Å². The maximum Gasteiger partial charge on any atom is 0.243 e. The van der Waals surface area contributed by atoms with Crippen LogP contribution in [0, 0.1) is 13.8 Å². The van der Waals surface area contributed by atoms with Crippen molar-refractivity contribution in [2.24, 2.45) is 5.10 Å². The zero-order valence-electron chi connectivity index (χ0n) is 16.5. The highest BCUT2D eigenvalue weighted by Crippen LogP contribution is 2.24. The number of benzene rings is 2. The largest absolute Gasteiger partial charge is 0.456 e. The van der Waals surface area contributed by atoms with Gasteiger partial charge in [0.1, 0.15) is 11.3 Å². The fourth-order valence-corrected chi connectivity index (χ4v) is 3.30. The molecule has 2 heterocycles. The second kappa shape index (κ2) is 8.05. The third kappa shape index (κ3) is 4.30. The summed E-state index contributed by atoms with van der Waals surface area (Å²) in [5.41, 5.74) is 7.68. The Labute approximate surface area is 174 Å². The molecule has 4 aromatic rings. The van der Waals surface area contributed by atoms with Gasteiger partial charge in [-0.25, -0.2) is 15.4 Å². The Hall–Kier alpha value is -3.18. The van der Waals surface area contributed by atoms with Gasteiger partial charge in [-0.1, -0.05) is 24.6 Å². The maximum absolute atomic E-state index is 6.16. The van der Waals surface area contributed by atoms with E-state index in [0.717, 1.165) is 39.7 Å². The molecule has 0 fully saturated rings. The molecule has 6 heteroatoms. The van der Waals surface area contributed by atoms with Crippen molar-refractivity contribution in [3.8, 4) is 11.3 Å². The molecule has 0 amide bonds. The minimum absolute atomic E-state index is 0.469. The van der Waals surface area contributed by atoms with Crippen molar-refractivity contribution in [3.05, 3.63) is 81.9 Å². The standard InChI is InChI=1S/C23H21ClN4O/c1-4-16-5-10-21-19(12-16)20(27-28-23-25-14(2)11-15(3)26-23)13-22(29-21)17-6-8-18(24)9-7-17/h5-13H,4H2,1-3H3,(H,25,26,28)/b27-20+. The molecule has 0 radical (unpaired) electrons. The molecule has 146 valence electrons. The van der Waals surface area contributed by atoms with Crippen molar-refractivity contribution < 1.29 is 4.42 Å². The van der Waals surface area contributed by atoms with Gasteiger partial charge in [-0.15, -0.1) is 0 Å². The summed E-state index contributed by atoms with van der Waals surface area (Å²) in [6, 6.07) is 17.5. The minimum Gasteiger partial charge on any atom is -0.456 e. The van der Waals surface area contributed by atoms with E-state index in [0.29, 0.717) is 16.7 Å². The molecule has 2 aromatic heterocycles. The predicted octanol–water partition coefficient (Wildman–Crippen LogP) is 5.65. The third-order valence-corrected chi connectivity index (χ3v) is 4.86. The predicted molar refractivity (Wildman–Crippen MR) is 117 cm³/mol. The highest BCUT2D eigenvalue weighted by atomic mass is 35.5. The van der Waals surface area contributed by atoms with E-state index in [2.05, 4.69) is 39.6 Å². The highest BCUT2D eigenvalue weighted by Gasteiger charge is 2.08. The summed E-state index contributed by atoms with van der Waals surface area (Å²) in [5, 5.41) is 6.97. The van der Waals surface area contributed by atoms with Crippen LogP contribution in [-0.4, -0.2) is 9.97 Å². The molecule has 0 saturated heterocycles. The molecular formula is C23H21ClN4O. The molecule has 0 unspecified atom stereocenters. The Morgan fingerprint density at radius 1 is 0.966 bits per heavy atom. The molecule has 4 rings (SSSR count). The highest BCUT2D eigenvalue weighted by molar-refractivity contribution is 6.30. The summed E-state index contributed by atoms with van der Waals surface area (Å²) in [7, 11) is 0. The SMILES string of the molecule is CCc1ccc2oc(-c3ccc(Cl)cc3)c/c(=N\Nc3nc(C)cc(C)n3)c2c1. The van der Waals surface area contributed by atoms with E-state index >= 15 is 0 Å². The maximum atomic E-state index is 6.16. The lowest BCUT2D eigenvalue weighted by molar-refractivity contribution is 0.618. The van der Waals surface area contributed by atoms with Crippen LogP contribution >= 0.6 is 11.6 Å². The van der Waals surface area contributed by atoms with Gasteiger partial charge in [0.2, 0.25) is 5.95 Å². The number of fused-ring (bicyclic) bond motifs is 1. The minimum atomic E-state index is 0.469. The van der Waals surface area contributed by atoms with Gasteiger partial charge in [-0.05, 0) is 68.3 Å². The van der Waals surface area contributed by atoms with Crippen LogP contribution in [0.1, 0.15) is 23.9 Å². The van der Waals surface area contributed by atoms with Gasteiger partial charge in [0.25, 0.3) is 0 Å². The average molecular weight is 405 g/mol. The molecule has 0 saturated carbocycles. The molecule has 0 aliphatic carbocycles. The van der Waals surface area contributed by atoms with Crippen LogP contribution in [0.25, 0.3) is 22.3 Å². The van der Waals surface area contributed by atoms with E-state index in [-0.39, 0.29) is 0 Å². The summed E-state index contributed by atoms with van der Waals surface area (Å²) in [5.74, 6) is 1.18. The van der Waals surface area contributed by atoms with E-state index in [1.54, 1.807) is 0 Å². The van der Waals surface area contributed by atoms with E-state index in [1.807, 2.05) is 56.3 Å². The fourth-order valence-electron chi connectivity index (χ4n) is 3.17. The Morgan fingerprint density at radius 2 is 1.69 bits per heavy atom.